The molecule has 0 bridgehead atoms. The summed E-state index contributed by atoms with van der Waals surface area (Å²) < 4.78 is 5.06. The van der Waals surface area contributed by atoms with Crippen LogP contribution >= 0.6 is 0 Å². The van der Waals surface area contributed by atoms with Crippen LogP contribution in [0, 0.1) is 11.3 Å². The summed E-state index contributed by atoms with van der Waals surface area (Å²) in [7, 11) is 1.49. The largest absolute Gasteiger partial charge is 0.504 e. The van der Waals surface area contributed by atoms with E-state index in [-0.39, 0.29) is 23.0 Å². The number of ether oxygens (including phenoxy) is 1. The molecule has 1 aliphatic carbocycles. The molecule has 6 heteroatoms. The van der Waals surface area contributed by atoms with E-state index in [1.165, 1.54) is 26.0 Å². The molecular formula is C21H28N2O4. The van der Waals surface area contributed by atoms with Crippen LogP contribution in [0.25, 0.3) is 0 Å². The van der Waals surface area contributed by atoms with Gasteiger partial charge in [0.2, 0.25) is 5.91 Å². The highest BCUT2D eigenvalue weighted by Gasteiger charge is 2.43. The fourth-order valence-electron chi connectivity index (χ4n) is 4.60. The lowest BCUT2D eigenvalue weighted by molar-refractivity contribution is -0.139. The van der Waals surface area contributed by atoms with Crippen LogP contribution in [0.2, 0.25) is 0 Å². The third kappa shape index (κ3) is 3.75. The van der Waals surface area contributed by atoms with Crippen LogP contribution in [0.15, 0.2) is 18.2 Å². The predicted molar refractivity (Wildman–Crippen MR) is 101 cm³/mol. The second-order valence-corrected chi connectivity index (χ2v) is 8.43. The highest BCUT2D eigenvalue weighted by atomic mass is 16.5. The number of amides is 2. The molecule has 2 heterocycles. The number of nitrogens with zero attached hydrogens (tertiary/aromatic N) is 2. The molecule has 1 unspecified atom stereocenters. The topological polar surface area (TPSA) is 70.1 Å². The normalized spacial score (nSPS) is 25.7. The van der Waals surface area contributed by atoms with Gasteiger partial charge in [0.1, 0.15) is 0 Å². The van der Waals surface area contributed by atoms with Crippen LogP contribution in [0.1, 0.15) is 48.9 Å². The van der Waals surface area contributed by atoms with Crippen molar-refractivity contribution in [1.82, 2.24) is 9.80 Å². The van der Waals surface area contributed by atoms with Crippen LogP contribution in [0.5, 0.6) is 11.5 Å². The van der Waals surface area contributed by atoms with Gasteiger partial charge in [0.25, 0.3) is 5.91 Å². The van der Waals surface area contributed by atoms with Gasteiger partial charge in [-0.2, -0.15) is 0 Å². The number of likely N-dealkylation sites (tertiary alicyclic amines) is 2. The van der Waals surface area contributed by atoms with Gasteiger partial charge in [0, 0.05) is 43.6 Å². The number of phenolic OH excluding ortho intramolecular Hbond substituents is 1. The molecule has 1 spiro atoms. The smallest absolute Gasteiger partial charge is 0.254 e. The minimum Gasteiger partial charge on any atom is -0.504 e. The third-order valence-electron chi connectivity index (χ3n) is 6.30. The van der Waals surface area contributed by atoms with Crippen molar-refractivity contribution in [3.63, 3.8) is 0 Å². The molecule has 4 rings (SSSR count). The van der Waals surface area contributed by atoms with Gasteiger partial charge in [-0.3, -0.25) is 9.59 Å². The first-order chi connectivity index (χ1) is 13.0. The van der Waals surface area contributed by atoms with E-state index in [0.717, 1.165) is 38.9 Å². The summed E-state index contributed by atoms with van der Waals surface area (Å²) in [5, 5.41) is 9.99. The Morgan fingerprint density at radius 1 is 1.30 bits per heavy atom. The molecule has 2 saturated heterocycles. The first-order valence-electron chi connectivity index (χ1n) is 9.94. The predicted octanol–water partition coefficient (Wildman–Crippen LogP) is 2.66. The van der Waals surface area contributed by atoms with Gasteiger partial charge < -0.3 is 19.6 Å². The Hall–Kier alpha value is -2.24. The maximum Gasteiger partial charge on any atom is 0.254 e. The summed E-state index contributed by atoms with van der Waals surface area (Å²) in [6, 6.07) is 4.80. The second-order valence-electron chi connectivity index (χ2n) is 8.43. The summed E-state index contributed by atoms with van der Waals surface area (Å²) >= 11 is 0. The molecule has 2 aliphatic heterocycles. The van der Waals surface area contributed by atoms with Gasteiger partial charge in [-0.25, -0.2) is 0 Å². The Labute approximate surface area is 160 Å². The van der Waals surface area contributed by atoms with Gasteiger partial charge in [0.05, 0.1) is 7.11 Å². The number of carbonyl (C=O) groups excluding carboxylic acids is 2. The van der Waals surface area contributed by atoms with E-state index in [9.17, 15) is 14.7 Å². The Bertz CT molecular complexity index is 746. The molecule has 6 nitrogen and oxygen atoms in total. The van der Waals surface area contributed by atoms with Crippen LogP contribution in [0.3, 0.4) is 0 Å². The van der Waals surface area contributed by atoms with Crippen molar-refractivity contribution < 1.29 is 19.4 Å². The average molecular weight is 372 g/mol. The zero-order valence-electron chi connectivity index (χ0n) is 15.9. The SMILES string of the molecule is COc1ccc(C(=O)N2CCCC3(CCC(=O)N(CC4CC4)C3)C2)cc1O. The van der Waals surface area contributed by atoms with Crippen molar-refractivity contribution in [3.8, 4) is 11.5 Å². The second kappa shape index (κ2) is 7.06. The Morgan fingerprint density at radius 3 is 2.81 bits per heavy atom. The molecule has 1 aromatic carbocycles. The number of benzene rings is 1. The molecule has 1 saturated carbocycles. The summed E-state index contributed by atoms with van der Waals surface area (Å²) in [6.45, 7) is 3.08. The average Bonchev–Trinajstić information content (AvgIpc) is 3.48. The van der Waals surface area contributed by atoms with Gasteiger partial charge in [-0.1, -0.05) is 0 Å². The lowest BCUT2D eigenvalue weighted by Crippen LogP contribution is -2.55. The van der Waals surface area contributed by atoms with E-state index in [1.54, 1.807) is 12.1 Å². The molecule has 27 heavy (non-hydrogen) atoms. The first-order valence-corrected chi connectivity index (χ1v) is 9.94. The number of phenols is 1. The quantitative estimate of drug-likeness (QED) is 0.882. The van der Waals surface area contributed by atoms with Crippen LogP contribution in [-0.2, 0) is 4.79 Å². The van der Waals surface area contributed by atoms with Crippen molar-refractivity contribution in [2.45, 2.75) is 38.5 Å². The first kappa shape index (κ1) is 18.1. The highest BCUT2D eigenvalue weighted by Crippen LogP contribution is 2.41. The van der Waals surface area contributed by atoms with Gasteiger partial charge in [-0.05, 0) is 56.2 Å². The zero-order valence-corrected chi connectivity index (χ0v) is 15.9. The van der Waals surface area contributed by atoms with Crippen molar-refractivity contribution in [2.75, 3.05) is 33.3 Å². The minimum absolute atomic E-state index is 0.0191. The summed E-state index contributed by atoms with van der Waals surface area (Å²) in [4.78, 5) is 29.3. The molecule has 2 amide bonds. The maximum absolute atomic E-state index is 13.0. The molecule has 0 radical (unpaired) electrons. The maximum atomic E-state index is 13.0. The number of piperidine rings is 2. The summed E-state index contributed by atoms with van der Waals surface area (Å²) in [5.41, 5.74) is 0.498. The third-order valence-corrected chi connectivity index (χ3v) is 6.30. The van der Waals surface area contributed by atoms with Crippen molar-refractivity contribution in [2.24, 2.45) is 11.3 Å². The number of carbonyl (C=O) groups is 2. The Morgan fingerprint density at radius 2 is 2.11 bits per heavy atom. The van der Waals surface area contributed by atoms with Gasteiger partial charge in [0.15, 0.2) is 11.5 Å². The van der Waals surface area contributed by atoms with Crippen LogP contribution in [0.4, 0.5) is 0 Å². The molecular weight excluding hydrogens is 344 g/mol. The molecule has 146 valence electrons. The molecule has 3 aliphatic rings. The molecule has 3 fully saturated rings. The molecule has 1 aromatic rings. The van der Waals surface area contributed by atoms with Gasteiger partial charge in [-0.15, -0.1) is 0 Å². The molecule has 1 atom stereocenters. The highest BCUT2D eigenvalue weighted by molar-refractivity contribution is 5.95. The van der Waals surface area contributed by atoms with E-state index in [1.807, 2.05) is 9.80 Å². The van der Waals surface area contributed by atoms with Crippen LogP contribution in [-0.4, -0.2) is 60.0 Å². The Balaban J connectivity index is 1.47. The molecule has 1 N–H and O–H groups in total. The number of methoxy groups -OCH3 is 1. The number of rotatable bonds is 4. The van der Waals surface area contributed by atoms with Crippen LogP contribution < -0.4 is 4.74 Å². The Kier molecular flexibility index (Phi) is 4.74. The number of hydrogen-bond acceptors (Lipinski definition) is 4. The van der Waals surface area contributed by atoms with E-state index < -0.39 is 0 Å². The fourth-order valence-corrected chi connectivity index (χ4v) is 4.60. The zero-order chi connectivity index (χ0) is 19.0. The molecule has 0 aromatic heterocycles. The summed E-state index contributed by atoms with van der Waals surface area (Å²) in [6.07, 6.45) is 5.96. The van der Waals surface area contributed by atoms with E-state index in [2.05, 4.69) is 0 Å². The standard InChI is InChI=1S/C21H28N2O4/c1-27-18-6-5-16(11-17(18)24)20(26)22-10-2-8-21(13-22)9-7-19(25)23(14-21)12-15-3-4-15/h5-6,11,15,24H,2-4,7-10,12-14H2,1H3. The number of aromatic hydroxyl groups is 1. The monoisotopic (exact) mass is 372 g/mol. The van der Waals surface area contributed by atoms with Crippen molar-refractivity contribution in [3.05, 3.63) is 23.8 Å². The van der Waals surface area contributed by atoms with Crippen molar-refractivity contribution >= 4 is 11.8 Å². The van der Waals surface area contributed by atoms with E-state index in [4.69, 9.17) is 4.74 Å². The number of hydrogen-bond donors (Lipinski definition) is 1. The lowest BCUT2D eigenvalue weighted by Gasteiger charge is -2.48. The van der Waals surface area contributed by atoms with Crippen molar-refractivity contribution in [1.29, 1.82) is 0 Å². The van der Waals surface area contributed by atoms with E-state index >= 15 is 0 Å². The lowest BCUT2D eigenvalue weighted by atomic mass is 9.73. The fraction of sp³-hybridized carbons (Fsp3) is 0.619. The van der Waals surface area contributed by atoms with Gasteiger partial charge >= 0.3 is 0 Å². The minimum atomic E-state index is -0.0577. The summed E-state index contributed by atoms with van der Waals surface area (Å²) in [5.74, 6) is 1.25. The van der Waals surface area contributed by atoms with E-state index in [0.29, 0.717) is 30.2 Å².